The molecule has 0 unspecified atom stereocenters. The standard InChI is InChI=1S/C18H22N4O3/c1-11(12-7-3-2-4-8-12)20-17(24)14-15(23)18(25)22-16(21-14)13-9-5-6-10-19-13/h5-6,9-12,23H,2-4,7-8H2,1H3,(H,20,24)(H,21,22,25)/t11-/m0/s1. The molecule has 2 heterocycles. The van der Waals surface area contributed by atoms with Crippen molar-refractivity contribution < 1.29 is 9.90 Å². The van der Waals surface area contributed by atoms with E-state index in [0.717, 1.165) is 12.8 Å². The molecular formula is C18H22N4O3. The fourth-order valence-electron chi connectivity index (χ4n) is 3.28. The van der Waals surface area contributed by atoms with E-state index in [2.05, 4.69) is 20.3 Å². The van der Waals surface area contributed by atoms with Gasteiger partial charge in [-0.25, -0.2) is 4.98 Å². The molecule has 2 aromatic heterocycles. The molecule has 0 bridgehead atoms. The molecule has 3 N–H and O–H groups in total. The van der Waals surface area contributed by atoms with E-state index in [4.69, 9.17) is 0 Å². The minimum atomic E-state index is -0.758. The maximum atomic E-state index is 12.5. The molecule has 2 aromatic rings. The molecule has 3 rings (SSSR count). The highest BCUT2D eigenvalue weighted by Gasteiger charge is 2.25. The topological polar surface area (TPSA) is 108 Å². The van der Waals surface area contributed by atoms with Crippen molar-refractivity contribution in [2.45, 2.75) is 45.1 Å². The van der Waals surface area contributed by atoms with Gasteiger partial charge in [0.05, 0.1) is 0 Å². The number of nitrogens with one attached hydrogen (secondary N) is 2. The molecule has 0 radical (unpaired) electrons. The molecule has 0 spiro atoms. The minimum absolute atomic E-state index is 0.0356. The second-order valence-electron chi connectivity index (χ2n) is 6.49. The average molecular weight is 342 g/mol. The van der Waals surface area contributed by atoms with Crippen LogP contribution in [0, 0.1) is 5.92 Å². The fourth-order valence-corrected chi connectivity index (χ4v) is 3.28. The quantitative estimate of drug-likeness (QED) is 0.790. The van der Waals surface area contributed by atoms with Crippen LogP contribution in [0.1, 0.15) is 49.5 Å². The summed E-state index contributed by atoms with van der Waals surface area (Å²) in [4.78, 5) is 35.2. The fraction of sp³-hybridized carbons (Fsp3) is 0.444. The molecule has 7 heteroatoms. The van der Waals surface area contributed by atoms with Gasteiger partial charge in [0.1, 0.15) is 5.69 Å². The Labute approximate surface area is 145 Å². The minimum Gasteiger partial charge on any atom is -0.501 e. The molecule has 7 nitrogen and oxygen atoms in total. The molecule has 1 amide bonds. The summed E-state index contributed by atoms with van der Waals surface area (Å²) in [6.45, 7) is 1.96. The lowest BCUT2D eigenvalue weighted by atomic mass is 9.84. The number of carbonyl (C=O) groups excluding carboxylic acids is 1. The van der Waals surface area contributed by atoms with Crippen LogP contribution >= 0.6 is 0 Å². The Bertz CT molecular complexity index is 798. The zero-order valence-corrected chi connectivity index (χ0v) is 14.2. The number of aromatic nitrogens is 3. The summed E-state index contributed by atoms with van der Waals surface area (Å²) in [6.07, 6.45) is 7.30. The van der Waals surface area contributed by atoms with E-state index < -0.39 is 17.2 Å². The van der Waals surface area contributed by atoms with Crippen LogP contribution in [-0.4, -0.2) is 32.0 Å². The smallest absolute Gasteiger partial charge is 0.294 e. The maximum Gasteiger partial charge on any atom is 0.294 e. The highest BCUT2D eigenvalue weighted by atomic mass is 16.3. The highest BCUT2D eigenvalue weighted by molar-refractivity contribution is 5.95. The Morgan fingerprint density at radius 1 is 1.32 bits per heavy atom. The molecule has 1 fully saturated rings. The maximum absolute atomic E-state index is 12.5. The molecule has 132 valence electrons. The second-order valence-corrected chi connectivity index (χ2v) is 6.49. The van der Waals surface area contributed by atoms with E-state index in [1.807, 2.05) is 6.92 Å². The van der Waals surface area contributed by atoms with Gasteiger partial charge < -0.3 is 15.4 Å². The third kappa shape index (κ3) is 3.87. The predicted molar refractivity (Wildman–Crippen MR) is 93.3 cm³/mol. The van der Waals surface area contributed by atoms with Crippen LogP contribution in [-0.2, 0) is 0 Å². The number of carbonyl (C=O) groups is 1. The molecule has 1 aliphatic rings. The Hall–Kier alpha value is -2.70. The number of nitrogens with zero attached hydrogens (tertiary/aromatic N) is 2. The van der Waals surface area contributed by atoms with E-state index >= 15 is 0 Å². The van der Waals surface area contributed by atoms with Crippen molar-refractivity contribution in [2.24, 2.45) is 5.92 Å². The Morgan fingerprint density at radius 2 is 2.08 bits per heavy atom. The van der Waals surface area contributed by atoms with E-state index in [1.165, 1.54) is 19.3 Å². The zero-order chi connectivity index (χ0) is 17.8. The number of hydrogen-bond donors (Lipinski definition) is 3. The first-order valence-electron chi connectivity index (χ1n) is 8.62. The van der Waals surface area contributed by atoms with Crippen molar-refractivity contribution in [1.29, 1.82) is 0 Å². The summed E-state index contributed by atoms with van der Waals surface area (Å²) in [6, 6.07) is 5.12. The van der Waals surface area contributed by atoms with Crippen LogP contribution in [0.15, 0.2) is 29.2 Å². The van der Waals surface area contributed by atoms with E-state index in [0.29, 0.717) is 11.6 Å². The van der Waals surface area contributed by atoms with Crippen LogP contribution in [0.3, 0.4) is 0 Å². The first-order chi connectivity index (χ1) is 12.1. The molecule has 1 atom stereocenters. The van der Waals surface area contributed by atoms with Gasteiger partial charge in [-0.2, -0.15) is 0 Å². The summed E-state index contributed by atoms with van der Waals surface area (Å²) in [5, 5.41) is 12.9. The van der Waals surface area contributed by atoms with Crippen molar-refractivity contribution in [2.75, 3.05) is 0 Å². The van der Waals surface area contributed by atoms with Crippen LogP contribution in [0.5, 0.6) is 5.75 Å². The van der Waals surface area contributed by atoms with Gasteiger partial charge in [0, 0.05) is 12.2 Å². The average Bonchev–Trinajstić information content (AvgIpc) is 2.65. The normalized spacial score (nSPS) is 16.4. The third-order valence-electron chi connectivity index (χ3n) is 4.73. The van der Waals surface area contributed by atoms with Gasteiger partial charge in [-0.3, -0.25) is 14.6 Å². The Morgan fingerprint density at radius 3 is 2.76 bits per heavy atom. The third-order valence-corrected chi connectivity index (χ3v) is 4.73. The van der Waals surface area contributed by atoms with Crippen molar-refractivity contribution in [1.82, 2.24) is 20.3 Å². The summed E-state index contributed by atoms with van der Waals surface area (Å²) < 4.78 is 0. The second kappa shape index (κ2) is 7.46. The number of amides is 1. The van der Waals surface area contributed by atoms with Gasteiger partial charge in [0.15, 0.2) is 11.5 Å². The zero-order valence-electron chi connectivity index (χ0n) is 14.2. The van der Waals surface area contributed by atoms with Crippen LogP contribution in [0.2, 0.25) is 0 Å². The lowest BCUT2D eigenvalue weighted by molar-refractivity contribution is 0.0911. The number of rotatable bonds is 4. The molecule has 25 heavy (non-hydrogen) atoms. The highest BCUT2D eigenvalue weighted by Crippen LogP contribution is 2.26. The first kappa shape index (κ1) is 17.1. The monoisotopic (exact) mass is 342 g/mol. The Kier molecular flexibility index (Phi) is 5.11. The van der Waals surface area contributed by atoms with Crippen molar-refractivity contribution in [3.8, 4) is 17.3 Å². The summed E-state index contributed by atoms with van der Waals surface area (Å²) >= 11 is 0. The summed E-state index contributed by atoms with van der Waals surface area (Å²) in [5.41, 5.74) is -0.604. The number of aromatic amines is 1. The molecule has 0 aromatic carbocycles. The van der Waals surface area contributed by atoms with Gasteiger partial charge >= 0.3 is 0 Å². The SMILES string of the molecule is C[C@H](NC(=O)c1nc(-c2ccccn2)[nH]c(=O)c1O)C1CCCCC1. The lowest BCUT2D eigenvalue weighted by Gasteiger charge is -2.28. The van der Waals surface area contributed by atoms with Crippen LogP contribution < -0.4 is 10.9 Å². The molecule has 0 saturated heterocycles. The molecule has 1 saturated carbocycles. The predicted octanol–water partition coefficient (Wildman–Crippen LogP) is 2.24. The van der Waals surface area contributed by atoms with Gasteiger partial charge in [-0.1, -0.05) is 25.3 Å². The Balaban J connectivity index is 1.84. The van der Waals surface area contributed by atoms with Gasteiger partial charge in [-0.15, -0.1) is 0 Å². The number of pyridine rings is 1. The molecule has 1 aliphatic carbocycles. The van der Waals surface area contributed by atoms with Crippen molar-refractivity contribution >= 4 is 5.91 Å². The van der Waals surface area contributed by atoms with Gasteiger partial charge in [0.25, 0.3) is 11.5 Å². The van der Waals surface area contributed by atoms with Gasteiger partial charge in [-0.05, 0) is 37.8 Å². The number of hydrogen-bond acceptors (Lipinski definition) is 5. The summed E-state index contributed by atoms with van der Waals surface area (Å²) in [7, 11) is 0. The first-order valence-corrected chi connectivity index (χ1v) is 8.62. The summed E-state index contributed by atoms with van der Waals surface area (Å²) in [5.74, 6) is -0.650. The number of H-pyrrole nitrogens is 1. The van der Waals surface area contributed by atoms with Crippen LogP contribution in [0.4, 0.5) is 0 Å². The lowest BCUT2D eigenvalue weighted by Crippen LogP contribution is -2.39. The molecular weight excluding hydrogens is 320 g/mol. The van der Waals surface area contributed by atoms with E-state index in [1.54, 1.807) is 24.4 Å². The molecule has 0 aliphatic heterocycles. The van der Waals surface area contributed by atoms with Gasteiger partial charge in [0.2, 0.25) is 5.75 Å². The van der Waals surface area contributed by atoms with E-state index in [-0.39, 0.29) is 17.6 Å². The number of aromatic hydroxyl groups is 1. The van der Waals surface area contributed by atoms with E-state index in [9.17, 15) is 14.7 Å². The van der Waals surface area contributed by atoms with Crippen LogP contribution in [0.25, 0.3) is 11.5 Å². The van der Waals surface area contributed by atoms with Crippen molar-refractivity contribution in [3.05, 3.63) is 40.4 Å². The van der Waals surface area contributed by atoms with Crippen molar-refractivity contribution in [3.63, 3.8) is 0 Å². The largest absolute Gasteiger partial charge is 0.501 e.